The molecule has 0 aromatic carbocycles. The first-order valence-electron chi connectivity index (χ1n) is 12.6. The summed E-state index contributed by atoms with van der Waals surface area (Å²) in [5.41, 5.74) is 0. The maximum Gasteiger partial charge on any atom is 2.00 e. The molecule has 0 amide bonds. The van der Waals surface area contributed by atoms with Gasteiger partial charge >= 0.3 is 502 Å². The SMILES string of the molecule is O=C(O)O.O=C(O)O.O=C(O)O.O=C(O)O.O=C(O)O.O=C(O)O.O=C(O)O.O=C(O)O.O=C([O-])[O-].O=C([O-])[O-].O=C([O-])[O-].O=C([O-])[O-].O=C([O-])[O-].O=C([O-])[O-].O=C([O-])[O-].O=C([O-])[O-].O=C([O-])[O-].O=C([O-])[O-].O=C([O-])[O-].O=C([O-])[O-].[Ca+2].[Ca+2].[Ca+2].[Ca+2].[Ca+2].[Ca+2].[Ca+2].[Ca+2].[Ca+2].[Ca+2].[Ca+2].[Ca+2]. The van der Waals surface area contributed by atoms with Gasteiger partial charge in [-0.25, -0.2) is 38.4 Å². The third kappa shape index (κ3) is 2710000. The number of hydrogen-bond donors (Lipinski definition) is 16. The molecule has 0 spiro atoms. The Morgan fingerprint density at radius 2 is 0.109 bits per heavy atom. The molecule has 0 radical (unpaired) electrons. The van der Waals surface area contributed by atoms with Crippen LogP contribution in [0.25, 0.3) is 0 Å². The molecule has 0 aromatic rings. The molecular formula is C20H16Ca12O60. The Balaban J connectivity index is -0.0000000136. The molecule has 0 atom stereocenters. The Bertz CT molecular complexity index is 1100. The Hall–Kier alpha value is 0.517. The fourth-order valence-electron chi connectivity index (χ4n) is 0. The van der Waals surface area contributed by atoms with Gasteiger partial charge in [-0.05, 0) is 73.9 Å². The quantitative estimate of drug-likeness (QED) is 0.100. The fourth-order valence-corrected chi connectivity index (χ4v) is 0. The first-order chi connectivity index (χ1) is 34.6. The number of rotatable bonds is 0. The van der Waals surface area contributed by atoms with Crippen molar-refractivity contribution in [2.24, 2.45) is 0 Å². The summed E-state index contributed by atoms with van der Waals surface area (Å²) >= 11 is 0. The molecule has 0 saturated heterocycles. The van der Waals surface area contributed by atoms with E-state index in [0.29, 0.717) is 0 Å². The van der Waals surface area contributed by atoms with Gasteiger partial charge in [0, 0.05) is 0 Å². The monoisotopic (exact) mass is 1700 g/mol. The van der Waals surface area contributed by atoms with Crippen LogP contribution in [0.1, 0.15) is 0 Å². The minimum atomic E-state index is -2.33. The van der Waals surface area contributed by atoms with Crippen LogP contribution in [0.5, 0.6) is 0 Å². The van der Waals surface area contributed by atoms with Crippen molar-refractivity contribution >= 4 is 576 Å². The van der Waals surface area contributed by atoms with Crippen molar-refractivity contribution in [3.8, 4) is 0 Å². The van der Waals surface area contributed by atoms with Gasteiger partial charge in [0.15, 0.2) is 0 Å². The number of hydrogen-bond acceptors (Lipinski definition) is 44. The summed E-state index contributed by atoms with van der Waals surface area (Å²) in [4.78, 5) is 168. The number of carbonyl (C=O) groups is 20. The standard InChI is InChI=1S/20CH2O3.12Ca/c20*2-1(3)4;;;;;;;;;;;;/h20*(H2,2,3,4);;;;;;;;;;;;/q;;;;;;;;;;;;;;;;;;;;12*+2/p-24. The Labute approximate surface area is 857 Å². The smallest absolute Gasteiger partial charge is 0.652 e. The maximum absolute atomic E-state index is 8.56. The molecule has 72 heteroatoms. The number of carboxylic acid groups (broad SMARTS) is 40. The molecule has 0 unspecified atom stereocenters. The van der Waals surface area contributed by atoms with Gasteiger partial charge < -0.3 is 262 Å². The number of carbonyl (C=O) groups excluding carboxylic acids is 12. The molecule has 0 rings (SSSR count). The zero-order chi connectivity index (χ0) is 71.5. The zero-order valence-corrected chi connectivity index (χ0v) is 70.1. The Morgan fingerprint density at radius 1 is 0.109 bits per heavy atom. The molecule has 0 bridgehead atoms. The van der Waals surface area contributed by atoms with Crippen molar-refractivity contribution in [2.75, 3.05) is 0 Å². The summed E-state index contributed by atoms with van der Waals surface area (Å²) in [5, 5.41) is 312. The predicted molar refractivity (Wildman–Crippen MR) is 219 cm³/mol. The Kier molecular flexibility index (Phi) is 471. The van der Waals surface area contributed by atoms with Crippen molar-refractivity contribution in [1.82, 2.24) is 0 Å². The van der Waals surface area contributed by atoms with Crippen LogP contribution >= 0.6 is 0 Å². The third-order valence-electron chi connectivity index (χ3n) is 0. The molecule has 0 aliphatic heterocycles. The molecule has 0 aliphatic carbocycles. The van der Waals surface area contributed by atoms with E-state index in [2.05, 4.69) is 0 Å². The molecule has 480 valence electrons. The van der Waals surface area contributed by atoms with Gasteiger partial charge in [-0.3, -0.25) is 0 Å². The summed E-state index contributed by atoms with van der Waals surface area (Å²) < 4.78 is 0. The van der Waals surface area contributed by atoms with Crippen molar-refractivity contribution in [3.63, 3.8) is 0 Å². The second kappa shape index (κ2) is 205. The van der Waals surface area contributed by atoms with Gasteiger partial charge in [0.2, 0.25) is 0 Å². The minimum absolute atomic E-state index is 0. The second-order valence-electron chi connectivity index (χ2n) is 5.26. The second-order valence-corrected chi connectivity index (χ2v) is 5.26. The predicted octanol–water partition coefficient (Wildman–Crippen LogP) is -32.2. The van der Waals surface area contributed by atoms with E-state index >= 15 is 0 Å². The van der Waals surface area contributed by atoms with Crippen LogP contribution in [0.4, 0.5) is 95.9 Å². The van der Waals surface area contributed by atoms with E-state index in [1.54, 1.807) is 0 Å². The molecule has 0 heterocycles. The van der Waals surface area contributed by atoms with Crippen molar-refractivity contribution in [1.29, 1.82) is 0 Å². The molecular weight excluding hydrogens is 1680 g/mol. The van der Waals surface area contributed by atoms with Gasteiger partial charge in [-0.2, -0.15) is 0 Å². The van der Waals surface area contributed by atoms with Crippen LogP contribution < -0.4 is 123 Å². The van der Waals surface area contributed by atoms with Gasteiger partial charge in [0.05, 0.1) is 0 Å². The van der Waals surface area contributed by atoms with E-state index in [9.17, 15) is 0 Å². The molecule has 92 heavy (non-hydrogen) atoms. The van der Waals surface area contributed by atoms with Crippen molar-refractivity contribution < 1.29 is 300 Å². The molecule has 0 fully saturated rings. The van der Waals surface area contributed by atoms with Crippen LogP contribution in [0, 0.1) is 0 Å². The topological polar surface area (TPSA) is 1220 Å². The average Bonchev–Trinajstić information content (AvgIpc) is 2.99. The fraction of sp³-hybridized carbons (Fsp3) is 0. The van der Waals surface area contributed by atoms with E-state index in [-0.39, 0.29) is 453 Å². The third-order valence-corrected chi connectivity index (χ3v) is 0. The summed E-state index contributed by atoms with van der Waals surface area (Å²) in [6.07, 6.45) is -42.7. The van der Waals surface area contributed by atoms with E-state index in [1.807, 2.05) is 0 Å². The maximum atomic E-state index is 8.56. The molecule has 0 aliphatic rings. The molecule has 16 N–H and O–H groups in total. The summed E-state index contributed by atoms with van der Waals surface area (Å²) in [7, 11) is 0. The first kappa shape index (κ1) is 212. The van der Waals surface area contributed by atoms with Crippen LogP contribution in [0.3, 0.4) is 0 Å². The van der Waals surface area contributed by atoms with E-state index in [1.165, 1.54) is 0 Å². The normalized spacial score (nSPS) is 5.22. The average molecular weight is 1700 g/mol. The zero-order valence-electron chi connectivity index (χ0n) is 43.6. The van der Waals surface area contributed by atoms with E-state index in [4.69, 9.17) is 300 Å². The van der Waals surface area contributed by atoms with Crippen molar-refractivity contribution in [2.45, 2.75) is 0 Å². The Morgan fingerprint density at radius 3 is 0.109 bits per heavy atom. The first-order valence-corrected chi connectivity index (χ1v) is 12.6. The van der Waals surface area contributed by atoms with Crippen LogP contribution in [0.15, 0.2) is 0 Å². The summed E-state index contributed by atoms with van der Waals surface area (Å²) in [5.74, 6) is 0. The van der Waals surface area contributed by atoms with Gasteiger partial charge in [-0.15, -0.1) is 0 Å². The molecule has 0 aromatic heterocycles. The van der Waals surface area contributed by atoms with E-state index < -0.39 is 123 Å². The van der Waals surface area contributed by atoms with Gasteiger partial charge in [-0.1, -0.05) is 0 Å². The van der Waals surface area contributed by atoms with Crippen LogP contribution in [-0.4, -0.2) is 658 Å². The van der Waals surface area contributed by atoms with Crippen molar-refractivity contribution in [3.05, 3.63) is 0 Å². The minimum Gasteiger partial charge on any atom is -0.652 e. The van der Waals surface area contributed by atoms with Crippen LogP contribution in [0.2, 0.25) is 0 Å². The van der Waals surface area contributed by atoms with E-state index in [0.717, 1.165) is 0 Å². The molecule has 60 nitrogen and oxygen atoms in total. The molecule has 0 saturated carbocycles. The summed E-state index contributed by atoms with van der Waals surface area (Å²) in [6, 6.07) is 0. The summed E-state index contributed by atoms with van der Waals surface area (Å²) in [6.45, 7) is 0. The van der Waals surface area contributed by atoms with Gasteiger partial charge in [0.25, 0.3) is 0 Å². The van der Waals surface area contributed by atoms with Crippen LogP contribution in [-0.2, 0) is 0 Å². The largest absolute Gasteiger partial charge is 2.00 e. The van der Waals surface area contributed by atoms with Gasteiger partial charge in [0.1, 0.15) is 0 Å².